The number of primary amides is 1. The summed E-state index contributed by atoms with van der Waals surface area (Å²) in [6.07, 6.45) is -4.52. The van der Waals surface area contributed by atoms with Gasteiger partial charge in [-0.05, 0) is 25.2 Å². The van der Waals surface area contributed by atoms with E-state index in [1.54, 1.807) is 7.05 Å². The van der Waals surface area contributed by atoms with Crippen molar-refractivity contribution >= 4 is 5.91 Å². The number of carbonyl (C=O) groups is 1. The molecule has 1 aromatic carbocycles. The third-order valence-corrected chi connectivity index (χ3v) is 2.18. The molecule has 4 nitrogen and oxygen atoms in total. The first-order chi connectivity index (χ1) is 8.36. The van der Waals surface area contributed by atoms with Crippen molar-refractivity contribution in [2.24, 2.45) is 5.73 Å². The van der Waals surface area contributed by atoms with Gasteiger partial charge in [0.25, 0.3) is 5.91 Å². The van der Waals surface area contributed by atoms with Crippen LogP contribution in [0.3, 0.4) is 0 Å². The molecule has 0 spiro atoms. The zero-order chi connectivity index (χ0) is 13.8. The van der Waals surface area contributed by atoms with Crippen molar-refractivity contribution in [3.63, 3.8) is 0 Å². The van der Waals surface area contributed by atoms with Gasteiger partial charge < -0.3 is 15.8 Å². The number of ether oxygens (including phenoxy) is 1. The monoisotopic (exact) mass is 262 g/mol. The number of benzene rings is 1. The van der Waals surface area contributed by atoms with Crippen molar-refractivity contribution in [2.75, 3.05) is 20.2 Å². The minimum atomic E-state index is -4.52. The lowest BCUT2D eigenvalue weighted by Crippen LogP contribution is -2.19. The maximum absolute atomic E-state index is 12.5. The van der Waals surface area contributed by atoms with E-state index in [2.05, 4.69) is 5.32 Å². The van der Waals surface area contributed by atoms with Gasteiger partial charge >= 0.3 is 6.18 Å². The Kier molecular flexibility index (Phi) is 4.55. The fraction of sp³-hybridized carbons (Fsp3) is 0.364. The summed E-state index contributed by atoms with van der Waals surface area (Å²) in [6, 6.07) is 2.64. The maximum atomic E-state index is 12.5. The van der Waals surface area contributed by atoms with Crippen LogP contribution in [0.5, 0.6) is 5.75 Å². The fourth-order valence-electron chi connectivity index (χ4n) is 1.29. The number of carbonyl (C=O) groups excluding carboxylic acids is 1. The molecule has 18 heavy (non-hydrogen) atoms. The van der Waals surface area contributed by atoms with Gasteiger partial charge in [0, 0.05) is 6.54 Å². The van der Waals surface area contributed by atoms with Gasteiger partial charge in [-0.1, -0.05) is 0 Å². The first-order valence-electron chi connectivity index (χ1n) is 5.14. The van der Waals surface area contributed by atoms with Crippen LogP contribution < -0.4 is 15.8 Å². The van der Waals surface area contributed by atoms with Crippen LogP contribution in [-0.2, 0) is 6.18 Å². The van der Waals surface area contributed by atoms with Crippen LogP contribution in [0.4, 0.5) is 13.2 Å². The molecule has 0 aliphatic carbocycles. The highest BCUT2D eigenvalue weighted by Crippen LogP contribution is 2.32. The number of nitrogens with two attached hydrogens (primary N) is 1. The first-order valence-corrected chi connectivity index (χ1v) is 5.14. The summed E-state index contributed by atoms with van der Waals surface area (Å²) in [7, 11) is 1.70. The molecule has 100 valence electrons. The second-order valence-corrected chi connectivity index (χ2v) is 3.52. The van der Waals surface area contributed by atoms with E-state index in [4.69, 9.17) is 10.5 Å². The first kappa shape index (κ1) is 14.3. The molecular weight excluding hydrogens is 249 g/mol. The van der Waals surface area contributed by atoms with Gasteiger partial charge in [0.05, 0.1) is 11.1 Å². The summed E-state index contributed by atoms with van der Waals surface area (Å²) in [6.45, 7) is 0.724. The third-order valence-electron chi connectivity index (χ3n) is 2.18. The van der Waals surface area contributed by atoms with Crippen LogP contribution in [0.2, 0.25) is 0 Å². The highest BCUT2D eigenvalue weighted by Gasteiger charge is 2.31. The molecule has 0 radical (unpaired) electrons. The normalized spacial score (nSPS) is 11.3. The molecule has 0 fully saturated rings. The molecule has 7 heteroatoms. The number of alkyl halides is 3. The predicted molar refractivity (Wildman–Crippen MR) is 59.4 cm³/mol. The Hall–Kier alpha value is -1.76. The number of amides is 1. The number of hydrogen-bond donors (Lipinski definition) is 2. The van der Waals surface area contributed by atoms with Crippen molar-refractivity contribution < 1.29 is 22.7 Å². The minimum absolute atomic E-state index is 0.0470. The van der Waals surface area contributed by atoms with Crippen molar-refractivity contribution in [3.8, 4) is 5.75 Å². The Morgan fingerprint density at radius 2 is 2.11 bits per heavy atom. The maximum Gasteiger partial charge on any atom is 0.416 e. The van der Waals surface area contributed by atoms with Gasteiger partial charge in [0.1, 0.15) is 12.4 Å². The molecule has 1 amide bonds. The van der Waals surface area contributed by atoms with Crippen LogP contribution in [0.15, 0.2) is 18.2 Å². The quantitative estimate of drug-likeness (QED) is 0.788. The van der Waals surface area contributed by atoms with Crippen molar-refractivity contribution in [1.29, 1.82) is 0 Å². The number of nitrogens with one attached hydrogen (secondary N) is 1. The van der Waals surface area contributed by atoms with Gasteiger partial charge in [0.15, 0.2) is 0 Å². The van der Waals surface area contributed by atoms with Gasteiger partial charge in [-0.15, -0.1) is 0 Å². The molecule has 0 unspecified atom stereocenters. The second-order valence-electron chi connectivity index (χ2n) is 3.52. The summed E-state index contributed by atoms with van der Waals surface area (Å²) in [5.41, 5.74) is 3.82. The lowest BCUT2D eigenvalue weighted by Gasteiger charge is -2.12. The van der Waals surface area contributed by atoms with E-state index >= 15 is 0 Å². The molecule has 0 atom stereocenters. The topological polar surface area (TPSA) is 64.3 Å². The number of halogens is 3. The summed E-state index contributed by atoms with van der Waals surface area (Å²) in [4.78, 5) is 11.1. The summed E-state index contributed by atoms with van der Waals surface area (Å²) in [5.74, 6) is -0.911. The Morgan fingerprint density at radius 3 is 2.61 bits per heavy atom. The zero-order valence-electron chi connectivity index (χ0n) is 9.67. The highest BCUT2D eigenvalue weighted by atomic mass is 19.4. The minimum Gasteiger partial charge on any atom is -0.491 e. The standard InChI is InChI=1S/C11H13F3N2O2/c1-16-4-5-18-9-3-2-7(11(12,13)14)6-8(9)10(15)17/h2-3,6,16H,4-5H2,1H3,(H2,15,17). The van der Waals surface area contributed by atoms with E-state index in [0.29, 0.717) is 12.6 Å². The molecular formula is C11H13F3N2O2. The summed E-state index contributed by atoms with van der Waals surface area (Å²) < 4.78 is 42.6. The molecule has 0 aromatic heterocycles. The number of likely N-dealkylation sites (N-methyl/N-ethyl adjacent to an activating group) is 1. The molecule has 0 aliphatic rings. The molecule has 0 saturated carbocycles. The smallest absolute Gasteiger partial charge is 0.416 e. The SMILES string of the molecule is CNCCOc1ccc(C(F)(F)F)cc1C(N)=O. The lowest BCUT2D eigenvalue weighted by molar-refractivity contribution is -0.137. The molecule has 0 aliphatic heterocycles. The zero-order valence-corrected chi connectivity index (χ0v) is 9.67. The average molecular weight is 262 g/mol. The van der Waals surface area contributed by atoms with E-state index in [0.717, 1.165) is 12.1 Å². The Balaban J connectivity index is 3.01. The van der Waals surface area contributed by atoms with E-state index in [9.17, 15) is 18.0 Å². The largest absolute Gasteiger partial charge is 0.491 e. The van der Waals surface area contributed by atoms with E-state index in [1.165, 1.54) is 0 Å². The Morgan fingerprint density at radius 1 is 1.44 bits per heavy atom. The van der Waals surface area contributed by atoms with Crippen LogP contribution in [-0.4, -0.2) is 26.1 Å². The highest BCUT2D eigenvalue weighted by molar-refractivity contribution is 5.95. The van der Waals surface area contributed by atoms with Crippen LogP contribution >= 0.6 is 0 Å². The van der Waals surface area contributed by atoms with E-state index < -0.39 is 17.6 Å². The molecule has 0 heterocycles. The van der Waals surface area contributed by atoms with Gasteiger partial charge in [-0.3, -0.25) is 4.79 Å². The molecule has 1 aromatic rings. The molecule has 3 N–H and O–H groups in total. The number of rotatable bonds is 5. The second kappa shape index (κ2) is 5.72. The van der Waals surface area contributed by atoms with Crippen molar-refractivity contribution in [2.45, 2.75) is 6.18 Å². The molecule has 0 bridgehead atoms. The Labute approximate surface area is 102 Å². The van der Waals surface area contributed by atoms with Crippen LogP contribution in [0.1, 0.15) is 15.9 Å². The van der Waals surface area contributed by atoms with Crippen molar-refractivity contribution in [3.05, 3.63) is 29.3 Å². The van der Waals surface area contributed by atoms with E-state index in [-0.39, 0.29) is 17.9 Å². The van der Waals surface area contributed by atoms with Gasteiger partial charge in [-0.2, -0.15) is 13.2 Å². The van der Waals surface area contributed by atoms with Gasteiger partial charge in [-0.25, -0.2) is 0 Å². The molecule has 1 rings (SSSR count). The summed E-state index contributed by atoms with van der Waals surface area (Å²) >= 11 is 0. The van der Waals surface area contributed by atoms with Gasteiger partial charge in [0.2, 0.25) is 0 Å². The van der Waals surface area contributed by atoms with E-state index in [1.807, 2.05) is 0 Å². The van der Waals surface area contributed by atoms with Crippen molar-refractivity contribution in [1.82, 2.24) is 5.32 Å². The molecule has 0 saturated heterocycles. The Bertz CT molecular complexity index is 433. The third kappa shape index (κ3) is 3.63. The average Bonchev–Trinajstić information content (AvgIpc) is 2.28. The fourth-order valence-corrected chi connectivity index (χ4v) is 1.29. The van der Waals surface area contributed by atoms with Crippen LogP contribution in [0.25, 0.3) is 0 Å². The lowest BCUT2D eigenvalue weighted by atomic mass is 10.1. The van der Waals surface area contributed by atoms with Crippen LogP contribution in [0, 0.1) is 0 Å². The summed E-state index contributed by atoms with van der Waals surface area (Å²) in [5, 5.41) is 2.80. The predicted octanol–water partition coefficient (Wildman–Crippen LogP) is 1.40. The number of hydrogen-bond acceptors (Lipinski definition) is 3.